The van der Waals surface area contributed by atoms with Crippen molar-refractivity contribution < 1.29 is 19.5 Å². The maximum Gasteiger partial charge on any atom is 0.373 e. The van der Waals surface area contributed by atoms with Gasteiger partial charge < -0.3 is 15.7 Å². The van der Waals surface area contributed by atoms with Crippen molar-refractivity contribution in [2.75, 3.05) is 18.4 Å². The highest BCUT2D eigenvalue weighted by molar-refractivity contribution is 5.93. The number of anilines is 1. The molecule has 2 aromatic rings. The second-order valence-corrected chi connectivity index (χ2v) is 5.07. The number of aromatic nitrogens is 1. The van der Waals surface area contributed by atoms with Gasteiger partial charge in [0.2, 0.25) is 0 Å². The van der Waals surface area contributed by atoms with Crippen molar-refractivity contribution in [3.05, 3.63) is 36.7 Å². The summed E-state index contributed by atoms with van der Waals surface area (Å²) in [6.07, 6.45) is 5.43. The zero-order valence-corrected chi connectivity index (χ0v) is 13.5. The van der Waals surface area contributed by atoms with Gasteiger partial charge in [-0.05, 0) is 25.1 Å². The van der Waals surface area contributed by atoms with Crippen LogP contribution in [0.25, 0.3) is 10.8 Å². The Balaban J connectivity index is 0.000000307. The molecule has 128 valence electrons. The Morgan fingerprint density at radius 2 is 2.12 bits per heavy atom. The lowest BCUT2D eigenvalue weighted by molar-refractivity contribution is -0.191. The van der Waals surface area contributed by atoms with Crippen molar-refractivity contribution in [3.63, 3.8) is 0 Å². The van der Waals surface area contributed by atoms with E-state index in [1.165, 1.54) is 22.9 Å². The minimum absolute atomic E-state index is 0.222. The van der Waals surface area contributed by atoms with Gasteiger partial charge in [-0.1, -0.05) is 19.1 Å². The molecule has 0 saturated carbocycles. The molecule has 1 fully saturated rings. The normalized spacial score (nSPS) is 15.3. The molecule has 2 heterocycles. The number of hydrogen-bond acceptors (Lipinski definition) is 6. The second kappa shape index (κ2) is 10.9. The molecule has 1 saturated heterocycles. The average Bonchev–Trinajstić information content (AvgIpc) is 3.09. The van der Waals surface area contributed by atoms with E-state index in [4.69, 9.17) is 14.7 Å². The maximum atomic E-state index is 9.37. The summed E-state index contributed by atoms with van der Waals surface area (Å²) in [5.41, 5.74) is 1.22. The first-order valence-electron chi connectivity index (χ1n) is 7.63. The molecule has 0 radical (unpaired) electrons. The Kier molecular flexibility index (Phi) is 8.74. The summed E-state index contributed by atoms with van der Waals surface area (Å²) < 4.78 is 0. The monoisotopic (exact) mass is 331 g/mol. The van der Waals surface area contributed by atoms with Crippen LogP contribution in [0.15, 0.2) is 36.7 Å². The summed E-state index contributed by atoms with van der Waals surface area (Å²) in [5.74, 6) is -0.745. The van der Waals surface area contributed by atoms with Gasteiger partial charge in [-0.2, -0.15) is 9.59 Å². The van der Waals surface area contributed by atoms with Crippen LogP contribution in [0, 0.1) is 0 Å². The fourth-order valence-electron chi connectivity index (χ4n) is 2.25. The predicted octanol–water partition coefficient (Wildman–Crippen LogP) is 1.91. The maximum absolute atomic E-state index is 9.37. The predicted molar refractivity (Wildman–Crippen MR) is 89.6 cm³/mol. The molecule has 0 unspecified atom stereocenters. The summed E-state index contributed by atoms with van der Waals surface area (Å²) in [7, 11) is 0. The van der Waals surface area contributed by atoms with Crippen molar-refractivity contribution in [2.45, 2.75) is 25.8 Å². The zero-order valence-electron chi connectivity index (χ0n) is 13.5. The fourth-order valence-corrected chi connectivity index (χ4v) is 2.25. The number of benzene rings is 1. The lowest BCUT2D eigenvalue weighted by Crippen LogP contribution is -2.22. The summed E-state index contributed by atoms with van der Waals surface area (Å²) in [5, 5.41) is 17.1. The average molecular weight is 331 g/mol. The Morgan fingerprint density at radius 3 is 2.71 bits per heavy atom. The molecule has 3 N–H and O–H groups in total. The van der Waals surface area contributed by atoms with Crippen molar-refractivity contribution in [1.29, 1.82) is 0 Å². The molecule has 24 heavy (non-hydrogen) atoms. The summed E-state index contributed by atoms with van der Waals surface area (Å²) in [6.45, 7) is 3.77. The van der Waals surface area contributed by atoms with Crippen LogP contribution in [-0.2, 0) is 14.4 Å². The van der Waals surface area contributed by atoms with Gasteiger partial charge in [0.05, 0.1) is 0 Å². The third kappa shape index (κ3) is 6.56. The largest absolute Gasteiger partial charge is 0.481 e. The number of carbonyl (C=O) groups is 1. The van der Waals surface area contributed by atoms with Crippen LogP contribution in [0.1, 0.15) is 19.8 Å². The van der Waals surface area contributed by atoms with Crippen LogP contribution in [0.4, 0.5) is 5.69 Å². The molecule has 0 aliphatic carbocycles. The number of nitrogens with zero attached hydrogens (tertiary/aromatic N) is 1. The Labute approximate surface area is 140 Å². The molecule has 0 spiro atoms. The number of carboxylic acid groups (broad SMARTS) is 1. The van der Waals surface area contributed by atoms with Gasteiger partial charge in [0.1, 0.15) is 0 Å². The fraction of sp³-hybridized carbons (Fsp3) is 0.353. The van der Waals surface area contributed by atoms with Crippen LogP contribution < -0.4 is 10.6 Å². The van der Waals surface area contributed by atoms with E-state index in [0.29, 0.717) is 6.04 Å². The second-order valence-electron chi connectivity index (χ2n) is 5.07. The Bertz CT molecular complexity index is 673. The molecule has 1 aliphatic heterocycles. The number of aliphatic carboxylic acids is 1. The molecule has 3 rings (SSSR count). The van der Waals surface area contributed by atoms with Gasteiger partial charge >= 0.3 is 12.1 Å². The number of pyridine rings is 1. The van der Waals surface area contributed by atoms with E-state index in [9.17, 15) is 4.79 Å². The Hall–Kier alpha value is -2.76. The highest BCUT2D eigenvalue weighted by Crippen LogP contribution is 2.23. The summed E-state index contributed by atoms with van der Waals surface area (Å²) in [4.78, 5) is 29.8. The van der Waals surface area contributed by atoms with E-state index in [2.05, 4.69) is 39.9 Å². The molecule has 1 aromatic heterocycles. The first-order valence-corrected chi connectivity index (χ1v) is 7.63. The van der Waals surface area contributed by atoms with E-state index in [1.807, 2.05) is 12.4 Å². The van der Waals surface area contributed by atoms with Crippen LogP contribution in [0.2, 0.25) is 0 Å². The minimum Gasteiger partial charge on any atom is -0.481 e. The third-order valence-electron chi connectivity index (χ3n) is 3.40. The summed E-state index contributed by atoms with van der Waals surface area (Å²) >= 11 is 0. The topological polar surface area (TPSA) is 108 Å². The molecule has 7 nitrogen and oxygen atoms in total. The molecule has 0 amide bonds. The number of fused-ring (bicyclic) bond motifs is 1. The van der Waals surface area contributed by atoms with Gasteiger partial charge in [0, 0.05) is 47.9 Å². The molecule has 7 heteroatoms. The molecule has 1 atom stereocenters. The quantitative estimate of drug-likeness (QED) is 0.788. The van der Waals surface area contributed by atoms with Crippen molar-refractivity contribution >= 4 is 28.6 Å². The number of nitrogens with one attached hydrogen (secondary N) is 2. The first kappa shape index (κ1) is 19.3. The summed E-state index contributed by atoms with van der Waals surface area (Å²) in [6, 6.07) is 8.94. The standard InChI is InChI=1S/C13H15N3.C3H6O2.CO2/c1-2-10-8-14-7-5-12(10)13(3-1)16-11-4-6-15-9-11;1-2-3(4)5;2-1-3/h1-3,5,7-8,11,15-16H,4,6,9H2;2H2,1H3,(H,4,5);/t11-;;/m1../s1. The van der Waals surface area contributed by atoms with E-state index in [-0.39, 0.29) is 12.6 Å². The van der Waals surface area contributed by atoms with E-state index in [0.717, 1.165) is 13.1 Å². The van der Waals surface area contributed by atoms with Crippen molar-refractivity contribution in [2.24, 2.45) is 0 Å². The van der Waals surface area contributed by atoms with Gasteiger partial charge in [0.15, 0.2) is 0 Å². The van der Waals surface area contributed by atoms with Gasteiger partial charge in [0.25, 0.3) is 0 Å². The van der Waals surface area contributed by atoms with Gasteiger partial charge in [-0.15, -0.1) is 0 Å². The van der Waals surface area contributed by atoms with E-state index >= 15 is 0 Å². The van der Waals surface area contributed by atoms with Crippen LogP contribution in [0.3, 0.4) is 0 Å². The molecule has 0 bridgehead atoms. The number of rotatable bonds is 3. The van der Waals surface area contributed by atoms with Crippen molar-refractivity contribution in [3.8, 4) is 0 Å². The van der Waals surface area contributed by atoms with E-state index < -0.39 is 5.97 Å². The lowest BCUT2D eigenvalue weighted by atomic mass is 10.1. The lowest BCUT2D eigenvalue weighted by Gasteiger charge is -2.14. The molecule has 1 aromatic carbocycles. The SMILES string of the molecule is CCC(=O)O.O=C=O.c1cc(N[C@@H]2CCNC2)c2ccncc2c1. The zero-order chi connectivity index (χ0) is 17.8. The smallest absolute Gasteiger partial charge is 0.373 e. The van der Waals surface area contributed by atoms with Gasteiger partial charge in [-0.3, -0.25) is 9.78 Å². The molecule has 1 aliphatic rings. The number of carboxylic acids is 1. The van der Waals surface area contributed by atoms with Crippen LogP contribution in [0.5, 0.6) is 0 Å². The van der Waals surface area contributed by atoms with Crippen LogP contribution >= 0.6 is 0 Å². The van der Waals surface area contributed by atoms with E-state index in [1.54, 1.807) is 6.92 Å². The Morgan fingerprint density at radius 1 is 1.42 bits per heavy atom. The number of hydrogen-bond donors (Lipinski definition) is 3. The van der Waals surface area contributed by atoms with Crippen LogP contribution in [-0.4, -0.2) is 41.3 Å². The number of carbonyl (C=O) groups excluding carboxylic acids is 2. The minimum atomic E-state index is -0.745. The first-order chi connectivity index (χ1) is 11.6. The van der Waals surface area contributed by atoms with Gasteiger partial charge in [-0.25, -0.2) is 0 Å². The van der Waals surface area contributed by atoms with Crippen molar-refractivity contribution in [1.82, 2.24) is 10.3 Å². The third-order valence-corrected chi connectivity index (χ3v) is 3.40. The highest BCUT2D eigenvalue weighted by atomic mass is 16.4. The highest BCUT2D eigenvalue weighted by Gasteiger charge is 2.14. The molecular formula is C17H21N3O4. The molecular weight excluding hydrogens is 310 g/mol.